The molecule has 7 nitrogen and oxygen atoms in total. The molecule has 2 N–H and O–H groups in total. The molecule has 0 saturated heterocycles. The number of anilines is 2. The number of sulfonamides is 1. The van der Waals surface area contributed by atoms with Gasteiger partial charge >= 0.3 is 6.18 Å². The van der Waals surface area contributed by atoms with Crippen molar-refractivity contribution in [3.63, 3.8) is 0 Å². The van der Waals surface area contributed by atoms with Crippen molar-refractivity contribution in [3.8, 4) is 0 Å². The molecule has 2 aromatic carbocycles. The summed E-state index contributed by atoms with van der Waals surface area (Å²) in [5.74, 6) is -1.37. The van der Waals surface area contributed by atoms with Gasteiger partial charge in [0.2, 0.25) is 0 Å². The Morgan fingerprint density at radius 2 is 1.84 bits per heavy atom. The molecule has 4 rings (SSSR count). The van der Waals surface area contributed by atoms with Crippen molar-refractivity contribution in [2.75, 3.05) is 24.1 Å². The van der Waals surface area contributed by atoms with Crippen LogP contribution in [0.5, 0.6) is 0 Å². The summed E-state index contributed by atoms with van der Waals surface area (Å²) in [6, 6.07) is 8.49. The van der Waals surface area contributed by atoms with E-state index in [2.05, 4.69) is 20.0 Å². The van der Waals surface area contributed by atoms with Gasteiger partial charge < -0.3 is 10.2 Å². The SMILES string of the molecule is CN(C)[C@H]1C[C@@H](c2ccccc2C(F)(F)F)CC[C@@H]1Nc1cc(F)c(S(=O)(=O)Nc2ccncn2)cc1Cl. The lowest BCUT2D eigenvalue weighted by atomic mass is 9.76. The Bertz CT molecular complexity index is 1390. The Labute approximate surface area is 223 Å². The molecule has 3 atom stereocenters. The summed E-state index contributed by atoms with van der Waals surface area (Å²) in [4.78, 5) is 8.73. The normalized spacial score (nSPS) is 20.4. The average Bonchev–Trinajstić information content (AvgIpc) is 2.86. The predicted molar refractivity (Wildman–Crippen MR) is 137 cm³/mol. The number of hydrogen-bond donors (Lipinski definition) is 2. The lowest BCUT2D eigenvalue weighted by Crippen LogP contribution is -2.47. The molecule has 204 valence electrons. The zero-order chi connectivity index (χ0) is 27.7. The molecule has 0 radical (unpaired) electrons. The van der Waals surface area contributed by atoms with E-state index >= 15 is 4.39 Å². The van der Waals surface area contributed by atoms with E-state index in [9.17, 15) is 21.6 Å². The van der Waals surface area contributed by atoms with Crippen LogP contribution in [-0.4, -0.2) is 49.5 Å². The third kappa shape index (κ3) is 6.19. The second-order valence-corrected chi connectivity index (χ2v) is 11.4. The molecule has 0 aliphatic heterocycles. The number of benzene rings is 2. The van der Waals surface area contributed by atoms with Crippen LogP contribution in [0.3, 0.4) is 0 Å². The average molecular weight is 572 g/mol. The molecule has 1 fully saturated rings. The first-order chi connectivity index (χ1) is 17.9. The third-order valence-electron chi connectivity index (χ3n) is 6.66. The summed E-state index contributed by atoms with van der Waals surface area (Å²) in [5, 5.41) is 3.18. The van der Waals surface area contributed by atoms with E-state index in [1.165, 1.54) is 24.4 Å². The highest BCUT2D eigenvalue weighted by Crippen LogP contribution is 2.42. The summed E-state index contributed by atoms with van der Waals surface area (Å²) in [6.45, 7) is 0. The fourth-order valence-corrected chi connectivity index (χ4v) is 6.25. The monoisotopic (exact) mass is 571 g/mol. The quantitative estimate of drug-likeness (QED) is 0.350. The Balaban J connectivity index is 1.55. The highest BCUT2D eigenvalue weighted by Gasteiger charge is 2.39. The van der Waals surface area contributed by atoms with Crippen LogP contribution in [0.2, 0.25) is 5.02 Å². The van der Waals surface area contributed by atoms with Gasteiger partial charge in [0.1, 0.15) is 22.9 Å². The number of nitrogens with one attached hydrogen (secondary N) is 2. The van der Waals surface area contributed by atoms with Crippen molar-refractivity contribution in [1.29, 1.82) is 0 Å². The first kappa shape index (κ1) is 28.1. The minimum absolute atomic E-state index is 0.0171. The highest BCUT2D eigenvalue weighted by molar-refractivity contribution is 7.92. The number of hydrogen-bond acceptors (Lipinski definition) is 6. The van der Waals surface area contributed by atoms with Crippen molar-refractivity contribution in [1.82, 2.24) is 14.9 Å². The summed E-state index contributed by atoms with van der Waals surface area (Å²) in [5.41, 5.74) is -0.178. The lowest BCUT2D eigenvalue weighted by Gasteiger charge is -2.41. The van der Waals surface area contributed by atoms with Crippen molar-refractivity contribution in [2.24, 2.45) is 0 Å². The van der Waals surface area contributed by atoms with Gasteiger partial charge in [-0.2, -0.15) is 13.2 Å². The van der Waals surface area contributed by atoms with Gasteiger partial charge in [0.25, 0.3) is 10.0 Å². The maximum atomic E-state index is 15.0. The fraction of sp³-hybridized carbons (Fsp3) is 0.360. The molecule has 13 heteroatoms. The van der Waals surface area contributed by atoms with E-state index in [-0.39, 0.29) is 40.1 Å². The maximum Gasteiger partial charge on any atom is 0.416 e. The Morgan fingerprint density at radius 1 is 1.11 bits per heavy atom. The Morgan fingerprint density at radius 3 is 2.50 bits per heavy atom. The smallest absolute Gasteiger partial charge is 0.379 e. The molecule has 3 aromatic rings. The van der Waals surface area contributed by atoms with Crippen LogP contribution in [0.4, 0.5) is 29.1 Å². The van der Waals surface area contributed by atoms with Gasteiger partial charge in [0.15, 0.2) is 0 Å². The van der Waals surface area contributed by atoms with Crippen LogP contribution in [0.1, 0.15) is 36.3 Å². The van der Waals surface area contributed by atoms with Gasteiger partial charge in [-0.1, -0.05) is 29.8 Å². The van der Waals surface area contributed by atoms with Crippen molar-refractivity contribution in [3.05, 3.63) is 77.0 Å². The van der Waals surface area contributed by atoms with E-state index in [4.69, 9.17) is 11.6 Å². The van der Waals surface area contributed by atoms with E-state index in [0.29, 0.717) is 19.3 Å². The van der Waals surface area contributed by atoms with Crippen LogP contribution in [-0.2, 0) is 16.2 Å². The molecule has 1 heterocycles. The van der Waals surface area contributed by atoms with Gasteiger partial charge in [-0.3, -0.25) is 4.72 Å². The van der Waals surface area contributed by atoms with Gasteiger partial charge in [-0.15, -0.1) is 0 Å². The van der Waals surface area contributed by atoms with Crippen LogP contribution in [0.15, 0.2) is 59.9 Å². The van der Waals surface area contributed by atoms with E-state index in [0.717, 1.165) is 24.5 Å². The molecule has 1 aliphatic carbocycles. The molecule has 1 aromatic heterocycles. The minimum Gasteiger partial charge on any atom is -0.379 e. The first-order valence-corrected chi connectivity index (χ1v) is 13.6. The molecular formula is C25H26ClF4N5O2S. The molecule has 0 unspecified atom stereocenters. The van der Waals surface area contributed by atoms with E-state index in [1.807, 2.05) is 19.0 Å². The van der Waals surface area contributed by atoms with E-state index < -0.39 is 32.5 Å². The molecule has 1 saturated carbocycles. The largest absolute Gasteiger partial charge is 0.416 e. The number of aromatic nitrogens is 2. The Hall–Kier alpha value is -2.96. The third-order valence-corrected chi connectivity index (χ3v) is 8.34. The number of rotatable bonds is 7. The predicted octanol–water partition coefficient (Wildman–Crippen LogP) is 5.77. The molecule has 0 spiro atoms. The zero-order valence-electron chi connectivity index (χ0n) is 20.5. The van der Waals surface area contributed by atoms with Gasteiger partial charge in [-0.25, -0.2) is 22.8 Å². The second-order valence-electron chi connectivity index (χ2n) is 9.34. The Kier molecular flexibility index (Phi) is 8.15. The highest BCUT2D eigenvalue weighted by atomic mass is 35.5. The number of nitrogens with zero attached hydrogens (tertiary/aromatic N) is 3. The number of halogens is 5. The van der Waals surface area contributed by atoms with Crippen LogP contribution < -0.4 is 10.0 Å². The van der Waals surface area contributed by atoms with Crippen LogP contribution in [0.25, 0.3) is 0 Å². The topological polar surface area (TPSA) is 87.2 Å². The lowest BCUT2D eigenvalue weighted by molar-refractivity contribution is -0.138. The second kappa shape index (κ2) is 11.0. The number of alkyl halides is 3. The summed E-state index contributed by atoms with van der Waals surface area (Å²) in [6.07, 6.45) is -0.565. The van der Waals surface area contributed by atoms with Crippen LogP contribution >= 0.6 is 11.6 Å². The van der Waals surface area contributed by atoms with E-state index in [1.54, 1.807) is 6.07 Å². The molecule has 1 aliphatic rings. The maximum absolute atomic E-state index is 15.0. The molecule has 0 amide bonds. The molecular weight excluding hydrogens is 546 g/mol. The number of likely N-dealkylation sites (N-methyl/N-ethyl adjacent to an activating group) is 1. The first-order valence-electron chi connectivity index (χ1n) is 11.7. The van der Waals surface area contributed by atoms with Gasteiger partial charge in [-0.05, 0) is 69.1 Å². The molecule has 0 bridgehead atoms. The van der Waals surface area contributed by atoms with Gasteiger partial charge in [0, 0.05) is 18.3 Å². The van der Waals surface area contributed by atoms with Crippen molar-refractivity contribution >= 4 is 33.1 Å². The van der Waals surface area contributed by atoms with Crippen molar-refractivity contribution < 1.29 is 26.0 Å². The zero-order valence-corrected chi connectivity index (χ0v) is 22.1. The molecule has 38 heavy (non-hydrogen) atoms. The summed E-state index contributed by atoms with van der Waals surface area (Å²) < 4.78 is 83.5. The fourth-order valence-electron chi connectivity index (χ4n) is 4.87. The summed E-state index contributed by atoms with van der Waals surface area (Å²) in [7, 11) is -0.667. The van der Waals surface area contributed by atoms with Crippen LogP contribution in [0, 0.1) is 5.82 Å². The summed E-state index contributed by atoms with van der Waals surface area (Å²) >= 11 is 6.37. The minimum atomic E-state index is -4.45. The standard InChI is InChI=1S/C25H26ClF4N5O2S/c1-35(2)22-11-15(16-5-3-4-6-17(16)25(28,29)30)7-8-20(22)33-21-13-19(27)23(12-18(21)26)38(36,37)34-24-9-10-31-14-32-24/h3-6,9-10,12-15,20,22,33H,7-8,11H2,1-2H3,(H,31,32,34)/t15-,20-,22-/m0/s1. The van der Waals surface area contributed by atoms with Crippen molar-refractivity contribution in [2.45, 2.75) is 48.3 Å². The van der Waals surface area contributed by atoms with Gasteiger partial charge in [0.05, 0.1) is 16.3 Å².